The Balaban J connectivity index is 1.83. The molecule has 0 unspecified atom stereocenters. The van der Waals surface area contributed by atoms with Crippen LogP contribution in [-0.4, -0.2) is 33.7 Å². The Hall–Kier alpha value is -2.67. The first-order valence-electron chi connectivity index (χ1n) is 6.48. The van der Waals surface area contributed by atoms with Gasteiger partial charge in [0.25, 0.3) is 5.88 Å². The van der Waals surface area contributed by atoms with Crippen LogP contribution in [0.5, 0.6) is 11.6 Å². The van der Waals surface area contributed by atoms with E-state index in [1.807, 2.05) is 24.3 Å². The standard InChI is InChI=1S/C14H15N5O2/c1-20-7-6-9-2-4-10(5-3-9)21-13-11-12(17-8-16-11)18-14(15)19-13/h2-5,8H,6-7H2,1H3,(H3,15,16,17,18,19). The number of hydrogen-bond donors (Lipinski definition) is 2. The maximum absolute atomic E-state index is 5.76. The van der Waals surface area contributed by atoms with Gasteiger partial charge >= 0.3 is 0 Å². The summed E-state index contributed by atoms with van der Waals surface area (Å²) in [7, 11) is 1.69. The number of ether oxygens (including phenoxy) is 2. The van der Waals surface area contributed by atoms with Gasteiger partial charge in [0, 0.05) is 7.11 Å². The molecule has 0 radical (unpaired) electrons. The number of aromatic nitrogens is 4. The Morgan fingerprint density at radius 2 is 2.00 bits per heavy atom. The first-order chi connectivity index (χ1) is 10.3. The van der Waals surface area contributed by atoms with Crippen molar-refractivity contribution in [1.82, 2.24) is 19.9 Å². The van der Waals surface area contributed by atoms with Gasteiger partial charge in [-0.05, 0) is 24.1 Å². The van der Waals surface area contributed by atoms with Crippen molar-refractivity contribution >= 4 is 17.1 Å². The minimum Gasteiger partial charge on any atom is -0.437 e. The summed E-state index contributed by atoms with van der Waals surface area (Å²) in [6.45, 7) is 0.692. The lowest BCUT2D eigenvalue weighted by atomic mass is 10.1. The molecule has 7 heteroatoms. The molecule has 0 aliphatic heterocycles. The van der Waals surface area contributed by atoms with Crippen LogP contribution in [0.25, 0.3) is 11.2 Å². The Labute approximate surface area is 121 Å². The fraction of sp³-hybridized carbons (Fsp3) is 0.214. The van der Waals surface area contributed by atoms with Crippen LogP contribution >= 0.6 is 0 Å². The van der Waals surface area contributed by atoms with Crippen LogP contribution in [0.2, 0.25) is 0 Å². The van der Waals surface area contributed by atoms with E-state index in [0.29, 0.717) is 29.4 Å². The lowest BCUT2D eigenvalue weighted by molar-refractivity contribution is 0.202. The number of imidazole rings is 1. The van der Waals surface area contributed by atoms with Gasteiger partial charge in [-0.25, -0.2) is 4.98 Å². The van der Waals surface area contributed by atoms with E-state index in [-0.39, 0.29) is 5.95 Å². The Morgan fingerprint density at radius 3 is 2.76 bits per heavy atom. The Morgan fingerprint density at radius 1 is 1.19 bits per heavy atom. The molecule has 0 saturated heterocycles. The van der Waals surface area contributed by atoms with Crippen molar-refractivity contribution in [2.75, 3.05) is 19.5 Å². The van der Waals surface area contributed by atoms with Gasteiger partial charge < -0.3 is 20.2 Å². The van der Waals surface area contributed by atoms with E-state index in [4.69, 9.17) is 15.2 Å². The van der Waals surface area contributed by atoms with Gasteiger partial charge in [0.15, 0.2) is 5.65 Å². The summed E-state index contributed by atoms with van der Waals surface area (Å²) in [6.07, 6.45) is 2.39. The molecule has 0 fully saturated rings. The van der Waals surface area contributed by atoms with Gasteiger partial charge in [-0.1, -0.05) is 12.1 Å². The molecule has 108 valence electrons. The molecule has 0 aliphatic carbocycles. The lowest BCUT2D eigenvalue weighted by Crippen LogP contribution is -1.99. The normalized spacial score (nSPS) is 10.9. The highest BCUT2D eigenvalue weighted by Crippen LogP contribution is 2.26. The largest absolute Gasteiger partial charge is 0.437 e. The third-order valence-corrected chi connectivity index (χ3v) is 3.00. The SMILES string of the molecule is COCCc1ccc(Oc2nc(N)nc3nc[nH]c23)cc1. The van der Waals surface area contributed by atoms with Gasteiger partial charge in [0.2, 0.25) is 5.95 Å². The molecule has 3 rings (SSSR count). The van der Waals surface area contributed by atoms with E-state index >= 15 is 0 Å². The van der Waals surface area contributed by atoms with E-state index < -0.39 is 0 Å². The summed E-state index contributed by atoms with van der Waals surface area (Å²) >= 11 is 0. The van der Waals surface area contributed by atoms with Crippen LogP contribution in [-0.2, 0) is 11.2 Å². The van der Waals surface area contributed by atoms with E-state index in [1.165, 1.54) is 11.9 Å². The number of fused-ring (bicyclic) bond motifs is 1. The molecule has 0 saturated carbocycles. The van der Waals surface area contributed by atoms with Crippen molar-refractivity contribution in [3.05, 3.63) is 36.2 Å². The van der Waals surface area contributed by atoms with E-state index in [0.717, 1.165) is 6.42 Å². The summed E-state index contributed by atoms with van der Waals surface area (Å²) in [5.74, 6) is 1.16. The maximum Gasteiger partial charge on any atom is 0.250 e. The molecule has 2 heterocycles. The summed E-state index contributed by atoms with van der Waals surface area (Å²) in [5, 5.41) is 0. The number of nitrogens with two attached hydrogens (primary N) is 1. The molecule has 0 spiro atoms. The molecule has 7 nitrogen and oxygen atoms in total. The van der Waals surface area contributed by atoms with Gasteiger partial charge in [0.05, 0.1) is 12.9 Å². The average Bonchev–Trinajstić information content (AvgIpc) is 2.95. The quantitative estimate of drug-likeness (QED) is 0.743. The van der Waals surface area contributed by atoms with Crippen molar-refractivity contribution in [1.29, 1.82) is 0 Å². The van der Waals surface area contributed by atoms with Crippen molar-refractivity contribution in [3.63, 3.8) is 0 Å². The Bertz CT molecular complexity index is 739. The minimum atomic E-state index is 0.126. The summed E-state index contributed by atoms with van der Waals surface area (Å²) in [4.78, 5) is 15.1. The number of hydrogen-bond acceptors (Lipinski definition) is 6. The number of H-pyrrole nitrogens is 1. The fourth-order valence-electron chi connectivity index (χ4n) is 1.95. The van der Waals surface area contributed by atoms with Crippen LogP contribution in [0, 0.1) is 0 Å². The number of methoxy groups -OCH3 is 1. The van der Waals surface area contributed by atoms with Gasteiger partial charge in [-0.3, -0.25) is 0 Å². The molecule has 2 aromatic heterocycles. The molecule has 0 atom stereocenters. The number of anilines is 1. The molecule has 0 amide bonds. The number of rotatable bonds is 5. The van der Waals surface area contributed by atoms with Crippen molar-refractivity contribution in [2.45, 2.75) is 6.42 Å². The van der Waals surface area contributed by atoms with Crippen LogP contribution in [0.1, 0.15) is 5.56 Å². The first-order valence-corrected chi connectivity index (χ1v) is 6.48. The number of nitrogen functional groups attached to an aromatic ring is 1. The zero-order valence-electron chi connectivity index (χ0n) is 11.5. The second kappa shape index (κ2) is 5.76. The summed E-state index contributed by atoms with van der Waals surface area (Å²) < 4.78 is 10.8. The predicted molar refractivity (Wildman–Crippen MR) is 78.2 cm³/mol. The molecule has 1 aromatic carbocycles. The molecule has 3 aromatic rings. The Kier molecular flexibility index (Phi) is 3.65. The topological polar surface area (TPSA) is 98.9 Å². The van der Waals surface area contributed by atoms with Crippen molar-refractivity contribution in [3.8, 4) is 11.6 Å². The fourth-order valence-corrected chi connectivity index (χ4v) is 1.95. The van der Waals surface area contributed by atoms with Crippen LogP contribution < -0.4 is 10.5 Å². The van der Waals surface area contributed by atoms with Gasteiger partial charge in [-0.2, -0.15) is 9.97 Å². The highest BCUT2D eigenvalue weighted by atomic mass is 16.5. The van der Waals surface area contributed by atoms with Crippen molar-refractivity contribution < 1.29 is 9.47 Å². The third kappa shape index (κ3) is 2.92. The second-order valence-corrected chi connectivity index (χ2v) is 4.48. The zero-order valence-corrected chi connectivity index (χ0v) is 11.5. The average molecular weight is 285 g/mol. The number of nitrogens with zero attached hydrogens (tertiary/aromatic N) is 3. The molecule has 0 aliphatic rings. The maximum atomic E-state index is 5.76. The third-order valence-electron chi connectivity index (χ3n) is 3.00. The molecular weight excluding hydrogens is 270 g/mol. The molecule has 3 N–H and O–H groups in total. The second-order valence-electron chi connectivity index (χ2n) is 4.48. The van der Waals surface area contributed by atoms with E-state index in [2.05, 4.69) is 19.9 Å². The van der Waals surface area contributed by atoms with Crippen LogP contribution in [0.15, 0.2) is 30.6 Å². The smallest absolute Gasteiger partial charge is 0.250 e. The zero-order chi connectivity index (χ0) is 14.7. The van der Waals surface area contributed by atoms with Crippen LogP contribution in [0.4, 0.5) is 5.95 Å². The monoisotopic (exact) mass is 285 g/mol. The van der Waals surface area contributed by atoms with Crippen molar-refractivity contribution in [2.24, 2.45) is 0 Å². The molecule has 0 bridgehead atoms. The highest BCUT2D eigenvalue weighted by Gasteiger charge is 2.10. The predicted octanol–water partition coefficient (Wildman–Crippen LogP) is 1.92. The van der Waals surface area contributed by atoms with Gasteiger partial charge in [0.1, 0.15) is 11.3 Å². The van der Waals surface area contributed by atoms with E-state index in [1.54, 1.807) is 7.11 Å². The minimum absolute atomic E-state index is 0.126. The highest BCUT2D eigenvalue weighted by molar-refractivity contribution is 5.77. The first kappa shape index (κ1) is 13.3. The van der Waals surface area contributed by atoms with Crippen LogP contribution in [0.3, 0.4) is 0 Å². The van der Waals surface area contributed by atoms with E-state index in [9.17, 15) is 0 Å². The number of aromatic amines is 1. The van der Waals surface area contributed by atoms with Gasteiger partial charge in [-0.15, -0.1) is 0 Å². The lowest BCUT2D eigenvalue weighted by Gasteiger charge is -2.07. The summed E-state index contributed by atoms with van der Waals surface area (Å²) in [6, 6.07) is 7.74. The number of nitrogens with one attached hydrogen (secondary N) is 1. The molecule has 21 heavy (non-hydrogen) atoms. The molecular formula is C14H15N5O2. The number of benzene rings is 1. The summed E-state index contributed by atoms with van der Waals surface area (Å²) in [5.41, 5.74) is 7.92.